The topological polar surface area (TPSA) is 26.3 Å². The van der Waals surface area contributed by atoms with Gasteiger partial charge in [0.15, 0.2) is 11.2 Å². The van der Waals surface area contributed by atoms with Gasteiger partial charge in [-0.2, -0.15) is 0 Å². The number of rotatable bonds is 3. The van der Waals surface area contributed by atoms with Gasteiger partial charge in [0.25, 0.3) is 0 Å². The lowest BCUT2D eigenvalue weighted by Gasteiger charge is -2.18. The Balaban J connectivity index is 1.27. The van der Waals surface area contributed by atoms with Crippen LogP contribution in [0.25, 0.3) is 108 Å². The minimum atomic E-state index is 0.773. The quantitative estimate of drug-likeness (QED) is 0.179. The summed E-state index contributed by atoms with van der Waals surface area (Å²) in [5.41, 5.74) is 8.29. The molecule has 0 saturated heterocycles. The molecule has 3 heterocycles. The molecule has 0 atom stereocenters. The fourth-order valence-electron chi connectivity index (χ4n) is 7.94. The van der Waals surface area contributed by atoms with Crippen LogP contribution in [0.4, 0.5) is 0 Å². The molecular formula is C46H26O2S. The highest BCUT2D eigenvalue weighted by Gasteiger charge is 2.24. The molecule has 0 aliphatic carbocycles. The summed E-state index contributed by atoms with van der Waals surface area (Å²) in [4.78, 5) is 0. The van der Waals surface area contributed by atoms with Crippen LogP contribution in [0.1, 0.15) is 0 Å². The van der Waals surface area contributed by atoms with Gasteiger partial charge < -0.3 is 8.83 Å². The summed E-state index contributed by atoms with van der Waals surface area (Å²) in [5.74, 6) is 0.830. The lowest BCUT2D eigenvalue weighted by molar-refractivity contribution is 0.611. The van der Waals surface area contributed by atoms with Crippen LogP contribution >= 0.6 is 11.3 Å². The van der Waals surface area contributed by atoms with E-state index in [0.717, 1.165) is 49.8 Å². The third-order valence-electron chi connectivity index (χ3n) is 10.1. The van der Waals surface area contributed by atoms with Gasteiger partial charge >= 0.3 is 0 Å². The van der Waals surface area contributed by atoms with Crippen molar-refractivity contribution in [2.45, 2.75) is 0 Å². The van der Waals surface area contributed by atoms with Crippen molar-refractivity contribution in [1.82, 2.24) is 0 Å². The molecule has 0 aliphatic rings. The maximum Gasteiger partial charge on any atom is 0.179 e. The summed E-state index contributed by atoms with van der Waals surface area (Å²) in [6, 6.07) is 56.6. The lowest BCUT2D eigenvalue weighted by atomic mass is 9.84. The Morgan fingerprint density at radius 1 is 0.388 bits per heavy atom. The van der Waals surface area contributed by atoms with E-state index < -0.39 is 0 Å². The first kappa shape index (κ1) is 26.9. The van der Waals surface area contributed by atoms with E-state index in [2.05, 4.69) is 133 Å². The monoisotopic (exact) mass is 642 g/mol. The van der Waals surface area contributed by atoms with Crippen LogP contribution < -0.4 is 0 Å². The van der Waals surface area contributed by atoms with E-state index in [4.69, 9.17) is 8.83 Å². The van der Waals surface area contributed by atoms with Crippen LogP contribution in [0.2, 0.25) is 0 Å². The summed E-state index contributed by atoms with van der Waals surface area (Å²) in [7, 11) is 0. The van der Waals surface area contributed by atoms with Gasteiger partial charge in [-0.3, -0.25) is 0 Å². The SMILES string of the molecule is c1ccc(-c2cc3cc(-c4c5ccccc5c(-c5ccc6sc7ccccc7c6c5)c5ccccc45)c4c5ccccc5oc4c3o2)cc1. The molecule has 0 spiro atoms. The summed E-state index contributed by atoms with van der Waals surface area (Å²) in [5, 5.41) is 10.7. The smallest absolute Gasteiger partial charge is 0.179 e. The summed E-state index contributed by atoms with van der Waals surface area (Å²) in [6.07, 6.45) is 0. The molecule has 11 aromatic rings. The molecule has 3 heteroatoms. The minimum absolute atomic E-state index is 0.773. The second-order valence-corrected chi connectivity index (χ2v) is 13.9. The van der Waals surface area contributed by atoms with Gasteiger partial charge in [0.2, 0.25) is 0 Å². The Morgan fingerprint density at radius 2 is 1.00 bits per heavy atom. The predicted octanol–water partition coefficient (Wildman–Crippen LogP) is 14.0. The highest BCUT2D eigenvalue weighted by Crippen LogP contribution is 2.50. The van der Waals surface area contributed by atoms with Crippen molar-refractivity contribution < 1.29 is 8.83 Å². The molecular weight excluding hydrogens is 617 g/mol. The Labute approximate surface area is 285 Å². The first-order valence-electron chi connectivity index (χ1n) is 16.6. The van der Waals surface area contributed by atoms with Crippen LogP contribution in [0.3, 0.4) is 0 Å². The van der Waals surface area contributed by atoms with Crippen LogP contribution in [0.15, 0.2) is 167 Å². The van der Waals surface area contributed by atoms with E-state index in [9.17, 15) is 0 Å². The number of benzene rings is 8. The van der Waals surface area contributed by atoms with Crippen molar-refractivity contribution in [2.75, 3.05) is 0 Å². The van der Waals surface area contributed by atoms with Crippen molar-refractivity contribution in [2.24, 2.45) is 0 Å². The third kappa shape index (κ3) is 3.88. The molecule has 11 rings (SSSR count). The number of furan rings is 2. The molecule has 0 fully saturated rings. The van der Waals surface area contributed by atoms with Crippen LogP contribution in [-0.2, 0) is 0 Å². The van der Waals surface area contributed by atoms with E-state index >= 15 is 0 Å². The van der Waals surface area contributed by atoms with Gasteiger partial charge in [-0.1, -0.05) is 121 Å². The summed E-state index contributed by atoms with van der Waals surface area (Å²) in [6.45, 7) is 0. The van der Waals surface area contributed by atoms with E-state index in [1.807, 2.05) is 35.6 Å². The first-order valence-corrected chi connectivity index (χ1v) is 17.4. The van der Waals surface area contributed by atoms with Gasteiger partial charge in [-0.05, 0) is 80.2 Å². The Kier molecular flexibility index (Phi) is 5.57. The summed E-state index contributed by atoms with van der Waals surface area (Å²) < 4.78 is 15.9. The Hall–Kier alpha value is -6.16. The average molecular weight is 643 g/mol. The Morgan fingerprint density at radius 3 is 1.76 bits per heavy atom. The fourth-order valence-corrected chi connectivity index (χ4v) is 9.03. The van der Waals surface area contributed by atoms with Gasteiger partial charge in [0.1, 0.15) is 11.3 Å². The second kappa shape index (κ2) is 10.2. The summed E-state index contributed by atoms with van der Waals surface area (Å²) >= 11 is 1.86. The van der Waals surface area contributed by atoms with Crippen molar-refractivity contribution in [1.29, 1.82) is 0 Å². The molecule has 2 nitrogen and oxygen atoms in total. The predicted molar refractivity (Wildman–Crippen MR) is 208 cm³/mol. The zero-order chi connectivity index (χ0) is 32.1. The van der Waals surface area contributed by atoms with Gasteiger partial charge in [-0.25, -0.2) is 0 Å². The van der Waals surface area contributed by atoms with E-state index in [1.54, 1.807) is 0 Å². The molecule has 0 bridgehead atoms. The lowest BCUT2D eigenvalue weighted by Crippen LogP contribution is -1.91. The number of thiophene rings is 1. The minimum Gasteiger partial charge on any atom is -0.452 e. The molecule has 0 aliphatic heterocycles. The molecule has 0 amide bonds. The van der Waals surface area contributed by atoms with Crippen molar-refractivity contribution in [3.05, 3.63) is 158 Å². The molecule has 49 heavy (non-hydrogen) atoms. The second-order valence-electron chi connectivity index (χ2n) is 12.8. The standard InChI is InChI=1S/C46H26O2S/c1-2-12-27(13-3-1)39-26-29-25-37(44-35-19-8-10-20-38(35)47-46(44)45(29)48-39)43-33-17-6-4-15-31(33)42(32-16-5-7-18-34(32)43)28-22-23-41-36(24-28)30-14-9-11-21-40(30)49-41/h1-26H. The van der Waals surface area contributed by atoms with Crippen LogP contribution in [-0.4, -0.2) is 0 Å². The third-order valence-corrected chi connectivity index (χ3v) is 11.2. The van der Waals surface area contributed by atoms with Gasteiger partial charge in [0.05, 0.1) is 0 Å². The largest absolute Gasteiger partial charge is 0.452 e. The number of para-hydroxylation sites is 1. The maximum absolute atomic E-state index is 6.67. The average Bonchev–Trinajstić information content (AvgIpc) is 3.87. The van der Waals surface area contributed by atoms with Crippen molar-refractivity contribution in [3.63, 3.8) is 0 Å². The maximum atomic E-state index is 6.67. The van der Waals surface area contributed by atoms with Crippen LogP contribution in [0, 0.1) is 0 Å². The normalized spacial score (nSPS) is 12.1. The van der Waals surface area contributed by atoms with Crippen molar-refractivity contribution in [3.8, 4) is 33.6 Å². The molecule has 3 aromatic heterocycles. The molecule has 0 unspecified atom stereocenters. The highest BCUT2D eigenvalue weighted by molar-refractivity contribution is 7.25. The zero-order valence-electron chi connectivity index (χ0n) is 26.2. The highest BCUT2D eigenvalue weighted by atomic mass is 32.1. The van der Waals surface area contributed by atoms with Crippen LogP contribution in [0.5, 0.6) is 0 Å². The fraction of sp³-hybridized carbons (Fsp3) is 0. The van der Waals surface area contributed by atoms with E-state index in [0.29, 0.717) is 0 Å². The molecule has 228 valence electrons. The van der Waals surface area contributed by atoms with E-state index in [1.165, 1.54) is 58.4 Å². The Bertz CT molecular complexity index is 3050. The molecule has 0 radical (unpaired) electrons. The number of hydrogen-bond acceptors (Lipinski definition) is 3. The zero-order valence-corrected chi connectivity index (χ0v) is 27.1. The van der Waals surface area contributed by atoms with Crippen molar-refractivity contribution >= 4 is 86.0 Å². The molecule has 0 N–H and O–H groups in total. The van der Waals surface area contributed by atoms with E-state index in [-0.39, 0.29) is 0 Å². The molecule has 8 aromatic carbocycles. The number of hydrogen-bond donors (Lipinski definition) is 0. The van der Waals surface area contributed by atoms with Gasteiger partial charge in [-0.15, -0.1) is 11.3 Å². The van der Waals surface area contributed by atoms with Gasteiger partial charge in [0, 0.05) is 41.9 Å². The first-order chi connectivity index (χ1) is 24.3. The number of fused-ring (bicyclic) bond motifs is 10. The molecule has 0 saturated carbocycles.